The van der Waals surface area contributed by atoms with E-state index in [1.807, 2.05) is 29.7 Å². The lowest BCUT2D eigenvalue weighted by atomic mass is 10.1. The van der Waals surface area contributed by atoms with Gasteiger partial charge in [-0.25, -0.2) is 4.98 Å². The predicted octanol–water partition coefficient (Wildman–Crippen LogP) is 1.86. The average Bonchev–Trinajstić information content (AvgIpc) is 3.09. The van der Waals surface area contributed by atoms with E-state index in [9.17, 15) is 4.79 Å². The fraction of sp³-hybridized carbons (Fsp3) is 0.667. The van der Waals surface area contributed by atoms with E-state index in [0.29, 0.717) is 12.6 Å². The number of thioether (sulfide) groups is 1. The summed E-state index contributed by atoms with van der Waals surface area (Å²) in [5, 5.41) is 0. The zero-order chi connectivity index (χ0) is 17.1. The molecule has 3 heterocycles. The maximum atomic E-state index is 12.7. The van der Waals surface area contributed by atoms with Gasteiger partial charge in [-0.1, -0.05) is 6.07 Å². The zero-order valence-electron chi connectivity index (χ0n) is 14.9. The van der Waals surface area contributed by atoms with Crippen LogP contribution in [0.25, 0.3) is 0 Å². The Hall–Kier alpha value is -1.27. The fourth-order valence-electron chi connectivity index (χ4n) is 3.54. The molecule has 2 atom stereocenters. The second kappa shape index (κ2) is 7.74. The molecule has 2 aliphatic heterocycles. The van der Waals surface area contributed by atoms with Gasteiger partial charge in [0.2, 0.25) is 5.91 Å². The quantitative estimate of drug-likeness (QED) is 0.831. The van der Waals surface area contributed by atoms with Gasteiger partial charge in [-0.2, -0.15) is 11.8 Å². The Morgan fingerprint density at radius 1 is 1.42 bits per heavy atom. The first-order chi connectivity index (χ1) is 11.5. The molecule has 2 saturated heterocycles. The minimum atomic E-state index is 0.222. The second-order valence-electron chi connectivity index (χ2n) is 6.95. The topological polar surface area (TPSA) is 39.7 Å². The van der Waals surface area contributed by atoms with Crippen LogP contribution in [0.15, 0.2) is 18.2 Å². The third-order valence-corrected chi connectivity index (χ3v) is 6.20. The molecule has 0 bridgehead atoms. The van der Waals surface area contributed by atoms with Gasteiger partial charge in [0.1, 0.15) is 5.82 Å². The minimum absolute atomic E-state index is 0.222. The van der Waals surface area contributed by atoms with Crippen LogP contribution in [0.4, 0.5) is 5.82 Å². The zero-order valence-corrected chi connectivity index (χ0v) is 15.8. The summed E-state index contributed by atoms with van der Waals surface area (Å²) in [4.78, 5) is 23.9. The van der Waals surface area contributed by atoms with E-state index in [4.69, 9.17) is 0 Å². The van der Waals surface area contributed by atoms with Gasteiger partial charge >= 0.3 is 0 Å². The highest BCUT2D eigenvalue weighted by Crippen LogP contribution is 2.22. The predicted molar refractivity (Wildman–Crippen MR) is 101 cm³/mol. The lowest BCUT2D eigenvalue weighted by Crippen LogP contribution is -2.56. The van der Waals surface area contributed by atoms with Crippen LogP contribution in [-0.2, 0) is 4.79 Å². The molecule has 24 heavy (non-hydrogen) atoms. The van der Waals surface area contributed by atoms with Gasteiger partial charge in [0.05, 0.1) is 6.54 Å². The standard InChI is InChI=1S/C18H28N4OS/c1-14-5-4-6-17(19-14)21-8-9-22(15(2)11-21)18(23)12-20(3)16-7-10-24-13-16/h4-6,15-16H,7-13H2,1-3H3/t15-,16-/m1/s1. The van der Waals surface area contributed by atoms with Crippen molar-refractivity contribution in [3.63, 3.8) is 0 Å². The third-order valence-electron chi connectivity index (χ3n) is 5.06. The van der Waals surface area contributed by atoms with Crippen LogP contribution in [0.5, 0.6) is 0 Å². The highest BCUT2D eigenvalue weighted by atomic mass is 32.2. The Balaban J connectivity index is 1.56. The van der Waals surface area contributed by atoms with Crippen molar-refractivity contribution < 1.29 is 4.79 Å². The first-order valence-corrected chi connectivity index (χ1v) is 9.96. The number of piperazine rings is 1. The van der Waals surface area contributed by atoms with E-state index in [1.54, 1.807) is 0 Å². The lowest BCUT2D eigenvalue weighted by molar-refractivity contribution is -0.134. The Kier molecular flexibility index (Phi) is 5.66. The fourth-order valence-corrected chi connectivity index (χ4v) is 4.84. The molecule has 2 fully saturated rings. The number of aryl methyl sites for hydroxylation is 1. The largest absolute Gasteiger partial charge is 0.353 e. The summed E-state index contributed by atoms with van der Waals surface area (Å²) in [6, 6.07) is 6.91. The van der Waals surface area contributed by atoms with Crippen LogP contribution in [0.3, 0.4) is 0 Å². The van der Waals surface area contributed by atoms with Crippen LogP contribution in [-0.4, -0.2) is 77.5 Å². The number of carbonyl (C=O) groups excluding carboxylic acids is 1. The van der Waals surface area contributed by atoms with Gasteiger partial charge in [0.25, 0.3) is 0 Å². The monoisotopic (exact) mass is 348 g/mol. The van der Waals surface area contributed by atoms with Gasteiger partial charge in [-0.05, 0) is 45.2 Å². The van der Waals surface area contributed by atoms with Gasteiger partial charge in [0, 0.05) is 43.2 Å². The van der Waals surface area contributed by atoms with Crippen LogP contribution in [0, 0.1) is 6.92 Å². The number of nitrogens with zero attached hydrogens (tertiary/aromatic N) is 4. The maximum absolute atomic E-state index is 12.7. The Morgan fingerprint density at radius 3 is 2.92 bits per heavy atom. The van der Waals surface area contributed by atoms with Gasteiger partial charge in [-0.3, -0.25) is 9.69 Å². The molecule has 132 valence electrons. The highest BCUT2D eigenvalue weighted by molar-refractivity contribution is 7.99. The summed E-state index contributed by atoms with van der Waals surface area (Å²) in [5.74, 6) is 3.67. The summed E-state index contributed by atoms with van der Waals surface area (Å²) in [6.45, 7) is 7.19. The van der Waals surface area contributed by atoms with E-state index >= 15 is 0 Å². The molecule has 3 rings (SSSR count). The molecule has 5 nitrogen and oxygen atoms in total. The van der Waals surface area contributed by atoms with E-state index in [2.05, 4.69) is 40.9 Å². The molecule has 1 aromatic rings. The van der Waals surface area contributed by atoms with Crippen molar-refractivity contribution in [3.8, 4) is 0 Å². The normalized spacial score (nSPS) is 24.7. The maximum Gasteiger partial charge on any atom is 0.237 e. The van der Waals surface area contributed by atoms with E-state index in [0.717, 1.165) is 36.9 Å². The summed E-state index contributed by atoms with van der Waals surface area (Å²) in [7, 11) is 2.09. The van der Waals surface area contributed by atoms with Gasteiger partial charge in [-0.15, -0.1) is 0 Å². The summed E-state index contributed by atoms with van der Waals surface area (Å²) in [5.41, 5.74) is 1.04. The molecule has 0 aliphatic carbocycles. The first kappa shape index (κ1) is 17.5. The third kappa shape index (κ3) is 4.03. The van der Waals surface area contributed by atoms with Gasteiger partial charge < -0.3 is 9.80 Å². The number of aromatic nitrogens is 1. The van der Waals surface area contributed by atoms with Gasteiger partial charge in [0.15, 0.2) is 0 Å². The number of amides is 1. The number of hydrogen-bond donors (Lipinski definition) is 0. The highest BCUT2D eigenvalue weighted by Gasteiger charge is 2.30. The molecule has 0 aromatic carbocycles. The summed E-state index contributed by atoms with van der Waals surface area (Å²) >= 11 is 1.99. The molecule has 6 heteroatoms. The molecular formula is C18H28N4OS. The molecule has 0 spiro atoms. The van der Waals surface area contributed by atoms with Crippen LogP contribution < -0.4 is 4.90 Å². The van der Waals surface area contributed by atoms with Crippen LogP contribution in [0.2, 0.25) is 0 Å². The number of pyridine rings is 1. The van der Waals surface area contributed by atoms with Crippen molar-refractivity contribution in [2.24, 2.45) is 0 Å². The molecule has 0 unspecified atom stereocenters. The van der Waals surface area contributed by atoms with E-state index in [-0.39, 0.29) is 11.9 Å². The molecule has 0 N–H and O–H groups in total. The molecule has 1 aromatic heterocycles. The van der Waals surface area contributed by atoms with Crippen molar-refractivity contribution in [3.05, 3.63) is 23.9 Å². The van der Waals surface area contributed by atoms with Crippen molar-refractivity contribution in [2.75, 3.05) is 49.6 Å². The average molecular weight is 349 g/mol. The number of hydrogen-bond acceptors (Lipinski definition) is 5. The SMILES string of the molecule is Cc1cccc(N2CCN(C(=O)CN(C)[C@@H]3CCSC3)[C@H](C)C2)n1. The number of anilines is 1. The Bertz CT molecular complexity index is 576. The van der Waals surface area contributed by atoms with Crippen molar-refractivity contribution in [1.82, 2.24) is 14.8 Å². The van der Waals surface area contributed by atoms with Crippen LogP contribution in [0.1, 0.15) is 19.0 Å². The smallest absolute Gasteiger partial charge is 0.237 e. The molecular weight excluding hydrogens is 320 g/mol. The molecule has 2 aliphatic rings. The number of carbonyl (C=O) groups is 1. The number of rotatable bonds is 4. The summed E-state index contributed by atoms with van der Waals surface area (Å²) in [6.07, 6.45) is 1.21. The minimum Gasteiger partial charge on any atom is -0.353 e. The molecule has 0 radical (unpaired) electrons. The Labute approximate surface area is 149 Å². The summed E-state index contributed by atoms with van der Waals surface area (Å²) < 4.78 is 0. The van der Waals surface area contributed by atoms with Crippen molar-refractivity contribution in [1.29, 1.82) is 0 Å². The lowest BCUT2D eigenvalue weighted by Gasteiger charge is -2.41. The van der Waals surface area contributed by atoms with Crippen molar-refractivity contribution in [2.45, 2.75) is 32.4 Å². The Morgan fingerprint density at radius 2 is 2.25 bits per heavy atom. The van der Waals surface area contributed by atoms with E-state index in [1.165, 1.54) is 12.2 Å². The van der Waals surface area contributed by atoms with E-state index < -0.39 is 0 Å². The number of likely N-dealkylation sites (N-methyl/N-ethyl adjacent to an activating group) is 1. The molecule has 1 amide bonds. The molecule has 0 saturated carbocycles. The van der Waals surface area contributed by atoms with Crippen LogP contribution >= 0.6 is 11.8 Å². The van der Waals surface area contributed by atoms with Crippen molar-refractivity contribution >= 4 is 23.5 Å². The second-order valence-corrected chi connectivity index (χ2v) is 8.10. The first-order valence-electron chi connectivity index (χ1n) is 8.80.